The molecule has 8 heteroatoms. The van der Waals surface area contributed by atoms with Gasteiger partial charge in [-0.1, -0.05) is 11.2 Å². The summed E-state index contributed by atoms with van der Waals surface area (Å²) in [6.07, 6.45) is -0.932. The molecule has 1 amide bonds. The van der Waals surface area contributed by atoms with Crippen LogP contribution in [0.5, 0.6) is 5.75 Å². The van der Waals surface area contributed by atoms with E-state index >= 15 is 0 Å². The van der Waals surface area contributed by atoms with Crippen molar-refractivity contribution < 1.29 is 19.0 Å². The number of ether oxygens (including phenoxy) is 1. The van der Waals surface area contributed by atoms with Crippen LogP contribution >= 0.6 is 0 Å². The van der Waals surface area contributed by atoms with Crippen molar-refractivity contribution in [2.45, 2.75) is 26.9 Å². The van der Waals surface area contributed by atoms with Crippen molar-refractivity contribution in [3.05, 3.63) is 45.7 Å². The van der Waals surface area contributed by atoms with Gasteiger partial charge < -0.3 is 14.6 Å². The number of carbonyl (C=O) groups is 1. The number of hydrogen-bond donors (Lipinski definition) is 1. The summed E-state index contributed by atoms with van der Waals surface area (Å²) < 4.78 is 10.2. The predicted molar refractivity (Wildman–Crippen MR) is 77.8 cm³/mol. The van der Waals surface area contributed by atoms with Crippen LogP contribution in [0.2, 0.25) is 0 Å². The predicted octanol–water partition coefficient (Wildman–Crippen LogP) is 2.61. The van der Waals surface area contributed by atoms with E-state index in [1.807, 2.05) is 0 Å². The van der Waals surface area contributed by atoms with Gasteiger partial charge in [0.05, 0.1) is 4.92 Å². The average Bonchev–Trinajstić information content (AvgIpc) is 2.85. The Labute approximate surface area is 126 Å². The Morgan fingerprint density at radius 1 is 1.41 bits per heavy atom. The number of nitrogens with one attached hydrogen (secondary N) is 1. The summed E-state index contributed by atoms with van der Waals surface area (Å²) in [5.41, 5.74) is 0.547. The number of aromatic nitrogens is 1. The first kappa shape index (κ1) is 15.5. The lowest BCUT2D eigenvalue weighted by atomic mass is 10.2. The fourth-order valence-electron chi connectivity index (χ4n) is 1.77. The number of nitrogens with zero attached hydrogens (tertiary/aromatic N) is 2. The van der Waals surface area contributed by atoms with Crippen LogP contribution in [0.25, 0.3) is 0 Å². The van der Waals surface area contributed by atoms with E-state index in [4.69, 9.17) is 9.26 Å². The number of amides is 1. The molecule has 1 atom stereocenters. The fraction of sp³-hybridized carbons (Fsp3) is 0.286. The Hall–Kier alpha value is -2.90. The summed E-state index contributed by atoms with van der Waals surface area (Å²) in [6, 6.07) is 6.09. The van der Waals surface area contributed by atoms with Crippen molar-refractivity contribution in [2.24, 2.45) is 0 Å². The van der Waals surface area contributed by atoms with Crippen LogP contribution < -0.4 is 10.1 Å². The first-order valence-corrected chi connectivity index (χ1v) is 6.52. The molecule has 0 fully saturated rings. The molecule has 8 nitrogen and oxygen atoms in total. The zero-order valence-electron chi connectivity index (χ0n) is 12.3. The molecule has 2 rings (SSSR count). The number of nitro benzene ring substituents is 1. The molecule has 0 saturated carbocycles. The highest BCUT2D eigenvalue weighted by Crippen LogP contribution is 2.28. The fourth-order valence-corrected chi connectivity index (χ4v) is 1.77. The molecule has 1 aromatic carbocycles. The number of aryl methyl sites for hydroxylation is 2. The molecule has 116 valence electrons. The maximum Gasteiger partial charge on any atom is 0.311 e. The third kappa shape index (κ3) is 3.60. The Kier molecular flexibility index (Phi) is 4.40. The van der Waals surface area contributed by atoms with E-state index in [-0.39, 0.29) is 17.3 Å². The number of rotatable bonds is 5. The van der Waals surface area contributed by atoms with Crippen molar-refractivity contribution in [1.29, 1.82) is 0 Å². The molecular weight excluding hydrogens is 290 g/mol. The van der Waals surface area contributed by atoms with Gasteiger partial charge in [0.25, 0.3) is 5.91 Å². The monoisotopic (exact) mass is 305 g/mol. The molecule has 0 saturated heterocycles. The minimum absolute atomic E-state index is 0.0367. The molecule has 1 heterocycles. The molecule has 22 heavy (non-hydrogen) atoms. The number of carbonyl (C=O) groups excluding carboxylic acids is 1. The second kappa shape index (κ2) is 6.25. The van der Waals surface area contributed by atoms with Crippen molar-refractivity contribution in [1.82, 2.24) is 5.16 Å². The Morgan fingerprint density at radius 2 is 2.14 bits per heavy atom. The lowest BCUT2D eigenvalue weighted by Crippen LogP contribution is -2.30. The molecule has 0 spiro atoms. The summed E-state index contributed by atoms with van der Waals surface area (Å²) in [5.74, 6) is 0.368. The van der Waals surface area contributed by atoms with Gasteiger partial charge in [0.1, 0.15) is 5.76 Å². The molecule has 0 unspecified atom stereocenters. The topological polar surface area (TPSA) is 108 Å². The van der Waals surface area contributed by atoms with E-state index < -0.39 is 16.9 Å². The van der Waals surface area contributed by atoms with Crippen LogP contribution in [0.15, 0.2) is 28.8 Å². The Morgan fingerprint density at radius 3 is 2.73 bits per heavy atom. The van der Waals surface area contributed by atoms with Crippen molar-refractivity contribution in [3.63, 3.8) is 0 Å². The maximum absolute atomic E-state index is 12.0. The highest BCUT2D eigenvalue weighted by Gasteiger charge is 2.22. The third-order valence-corrected chi connectivity index (χ3v) is 2.86. The van der Waals surface area contributed by atoms with Gasteiger partial charge in [-0.15, -0.1) is 0 Å². The van der Waals surface area contributed by atoms with Gasteiger partial charge in [-0.25, -0.2) is 0 Å². The molecule has 0 radical (unpaired) electrons. The van der Waals surface area contributed by atoms with Gasteiger partial charge in [-0.05, 0) is 32.4 Å². The van der Waals surface area contributed by atoms with Gasteiger partial charge in [-0.2, -0.15) is 0 Å². The minimum Gasteiger partial charge on any atom is -0.474 e. The molecule has 0 bridgehead atoms. The van der Waals surface area contributed by atoms with E-state index in [0.717, 1.165) is 5.56 Å². The summed E-state index contributed by atoms with van der Waals surface area (Å²) in [7, 11) is 0. The Bertz CT molecular complexity index is 710. The third-order valence-electron chi connectivity index (χ3n) is 2.86. The molecule has 0 aliphatic rings. The Balaban J connectivity index is 2.09. The lowest BCUT2D eigenvalue weighted by Gasteiger charge is -2.13. The SMILES string of the molecule is Cc1ccc(O[C@@H](C)C(=O)Nc2cc(C)on2)c([N+](=O)[O-])c1. The van der Waals surface area contributed by atoms with Crippen molar-refractivity contribution >= 4 is 17.4 Å². The van der Waals surface area contributed by atoms with Gasteiger partial charge in [0, 0.05) is 12.1 Å². The zero-order valence-corrected chi connectivity index (χ0v) is 12.3. The highest BCUT2D eigenvalue weighted by atomic mass is 16.6. The van der Waals surface area contributed by atoms with Crippen molar-refractivity contribution in [2.75, 3.05) is 5.32 Å². The number of benzene rings is 1. The highest BCUT2D eigenvalue weighted by molar-refractivity contribution is 5.93. The lowest BCUT2D eigenvalue weighted by molar-refractivity contribution is -0.386. The smallest absolute Gasteiger partial charge is 0.311 e. The molecule has 0 aliphatic carbocycles. The standard InChI is InChI=1S/C14H15N3O5/c1-8-4-5-12(11(6-8)17(19)20)21-10(3)14(18)15-13-7-9(2)22-16-13/h4-7,10H,1-3H3,(H,15,16,18)/t10-/m0/s1. The van der Waals surface area contributed by atoms with Gasteiger partial charge in [-0.3, -0.25) is 14.9 Å². The van der Waals surface area contributed by atoms with Gasteiger partial charge >= 0.3 is 5.69 Å². The van der Waals surface area contributed by atoms with Crippen LogP contribution in [0.1, 0.15) is 18.2 Å². The van der Waals surface area contributed by atoms with E-state index in [9.17, 15) is 14.9 Å². The first-order chi connectivity index (χ1) is 10.4. The van der Waals surface area contributed by atoms with Crippen LogP contribution in [0.3, 0.4) is 0 Å². The molecule has 2 aromatic rings. The van der Waals surface area contributed by atoms with Crippen molar-refractivity contribution in [3.8, 4) is 5.75 Å². The second-order valence-electron chi connectivity index (χ2n) is 4.80. The van der Waals surface area contributed by atoms with Crippen LogP contribution in [-0.2, 0) is 4.79 Å². The molecule has 1 N–H and O–H groups in total. The van der Waals surface area contributed by atoms with E-state index in [1.54, 1.807) is 26.0 Å². The van der Waals surface area contributed by atoms with Gasteiger partial charge in [0.2, 0.25) is 0 Å². The van der Waals surface area contributed by atoms with Crippen LogP contribution in [-0.4, -0.2) is 22.1 Å². The maximum atomic E-state index is 12.0. The van der Waals surface area contributed by atoms with E-state index in [2.05, 4.69) is 10.5 Å². The van der Waals surface area contributed by atoms with E-state index in [1.165, 1.54) is 19.1 Å². The van der Waals surface area contributed by atoms with Crippen LogP contribution in [0.4, 0.5) is 11.5 Å². The van der Waals surface area contributed by atoms with Gasteiger partial charge in [0.15, 0.2) is 17.7 Å². The quantitative estimate of drug-likeness (QED) is 0.672. The average molecular weight is 305 g/mol. The summed E-state index contributed by atoms with van der Waals surface area (Å²) in [6.45, 7) is 4.92. The molecule has 0 aliphatic heterocycles. The number of hydrogen-bond acceptors (Lipinski definition) is 6. The summed E-state index contributed by atoms with van der Waals surface area (Å²) in [4.78, 5) is 22.5. The minimum atomic E-state index is -0.932. The number of nitro groups is 1. The molecule has 1 aromatic heterocycles. The zero-order chi connectivity index (χ0) is 16.3. The summed E-state index contributed by atoms with van der Waals surface area (Å²) >= 11 is 0. The normalized spacial score (nSPS) is 11.8. The van der Waals surface area contributed by atoms with E-state index in [0.29, 0.717) is 5.76 Å². The number of anilines is 1. The van der Waals surface area contributed by atoms with Crippen LogP contribution in [0, 0.1) is 24.0 Å². The largest absolute Gasteiger partial charge is 0.474 e. The first-order valence-electron chi connectivity index (χ1n) is 6.52. The summed E-state index contributed by atoms with van der Waals surface area (Å²) in [5, 5.41) is 17.2. The molecular formula is C14H15N3O5. The second-order valence-corrected chi connectivity index (χ2v) is 4.80.